The number of anilines is 1. The van der Waals surface area contributed by atoms with Crippen molar-refractivity contribution >= 4 is 39.1 Å². The van der Waals surface area contributed by atoms with E-state index < -0.39 is 34.3 Å². The Bertz CT molecular complexity index is 1340. The Morgan fingerprint density at radius 1 is 1.00 bits per heavy atom. The SMILES string of the molecule is CCCCNC(=O)[C@@H](C)N(Cc1ccc(F)cc1)C(=O)CN(c1cccc(Cl)c1)S(=O)(=O)c1ccccc1. The van der Waals surface area contributed by atoms with Gasteiger partial charge in [-0.05, 0) is 61.4 Å². The quantitative estimate of drug-likeness (QED) is 0.316. The molecule has 0 spiro atoms. The molecule has 2 amide bonds. The first-order valence-electron chi connectivity index (χ1n) is 12.3. The number of carbonyl (C=O) groups excluding carboxylic acids is 2. The molecule has 0 heterocycles. The summed E-state index contributed by atoms with van der Waals surface area (Å²) in [6, 6.07) is 18.6. The fourth-order valence-electron chi connectivity index (χ4n) is 3.78. The van der Waals surface area contributed by atoms with Gasteiger partial charge in [0, 0.05) is 18.1 Å². The minimum absolute atomic E-state index is 0.00298. The van der Waals surface area contributed by atoms with Crippen molar-refractivity contribution in [1.29, 1.82) is 0 Å². The second-order valence-electron chi connectivity index (χ2n) is 8.77. The summed E-state index contributed by atoms with van der Waals surface area (Å²) in [5, 5.41) is 3.12. The molecule has 7 nitrogen and oxygen atoms in total. The highest BCUT2D eigenvalue weighted by Gasteiger charge is 2.32. The first-order valence-corrected chi connectivity index (χ1v) is 14.1. The summed E-state index contributed by atoms with van der Waals surface area (Å²) in [6.45, 7) is 3.44. The molecule has 0 aliphatic heterocycles. The summed E-state index contributed by atoms with van der Waals surface area (Å²) in [7, 11) is -4.16. The molecule has 10 heteroatoms. The number of nitrogens with one attached hydrogen (secondary N) is 1. The van der Waals surface area contributed by atoms with E-state index in [0.29, 0.717) is 17.1 Å². The monoisotopic (exact) mass is 559 g/mol. The second-order valence-corrected chi connectivity index (χ2v) is 11.1. The van der Waals surface area contributed by atoms with Crippen LogP contribution in [0.3, 0.4) is 0 Å². The lowest BCUT2D eigenvalue weighted by atomic mass is 10.1. The zero-order valence-corrected chi connectivity index (χ0v) is 22.9. The first-order chi connectivity index (χ1) is 18.1. The molecule has 0 aliphatic carbocycles. The van der Waals surface area contributed by atoms with Crippen LogP contribution in [0.5, 0.6) is 0 Å². The maximum Gasteiger partial charge on any atom is 0.264 e. The first kappa shape index (κ1) is 29.1. The van der Waals surface area contributed by atoms with Gasteiger partial charge in [-0.2, -0.15) is 0 Å². The molecule has 3 rings (SSSR count). The van der Waals surface area contributed by atoms with Crippen molar-refractivity contribution in [3.8, 4) is 0 Å². The molecule has 3 aromatic rings. The third kappa shape index (κ3) is 7.55. The van der Waals surface area contributed by atoms with Gasteiger partial charge in [-0.15, -0.1) is 0 Å². The van der Waals surface area contributed by atoms with Gasteiger partial charge >= 0.3 is 0 Å². The van der Waals surface area contributed by atoms with Crippen molar-refractivity contribution in [2.75, 3.05) is 17.4 Å². The average Bonchev–Trinajstić information content (AvgIpc) is 2.91. The average molecular weight is 560 g/mol. The number of hydrogen-bond donors (Lipinski definition) is 1. The number of benzene rings is 3. The van der Waals surface area contributed by atoms with Crippen LogP contribution in [0.15, 0.2) is 83.8 Å². The van der Waals surface area contributed by atoms with Crippen LogP contribution in [0.2, 0.25) is 5.02 Å². The normalized spacial score (nSPS) is 12.0. The van der Waals surface area contributed by atoms with Gasteiger partial charge in [0.05, 0.1) is 10.6 Å². The molecule has 0 aromatic heterocycles. The van der Waals surface area contributed by atoms with Gasteiger partial charge in [0.25, 0.3) is 10.0 Å². The Labute approximate surface area is 228 Å². The van der Waals surface area contributed by atoms with Crippen molar-refractivity contribution in [1.82, 2.24) is 10.2 Å². The van der Waals surface area contributed by atoms with Gasteiger partial charge in [-0.25, -0.2) is 12.8 Å². The number of sulfonamides is 1. The number of amides is 2. The predicted octanol–water partition coefficient (Wildman–Crippen LogP) is 5.01. The summed E-state index contributed by atoms with van der Waals surface area (Å²) in [6.07, 6.45) is 1.67. The Balaban J connectivity index is 1.98. The van der Waals surface area contributed by atoms with Crippen LogP contribution in [0, 0.1) is 5.82 Å². The summed E-state index contributed by atoms with van der Waals surface area (Å²) >= 11 is 6.16. The van der Waals surface area contributed by atoms with Crippen molar-refractivity contribution < 1.29 is 22.4 Å². The van der Waals surface area contributed by atoms with E-state index in [1.54, 1.807) is 43.3 Å². The Morgan fingerprint density at radius 2 is 1.68 bits per heavy atom. The zero-order valence-electron chi connectivity index (χ0n) is 21.3. The van der Waals surface area contributed by atoms with Crippen molar-refractivity contribution in [2.24, 2.45) is 0 Å². The molecule has 0 bridgehead atoms. The summed E-state index contributed by atoms with van der Waals surface area (Å²) in [5.74, 6) is -1.40. The minimum atomic E-state index is -4.16. The fourth-order valence-corrected chi connectivity index (χ4v) is 5.40. The van der Waals surface area contributed by atoms with Crippen molar-refractivity contribution in [3.63, 3.8) is 0 Å². The van der Waals surface area contributed by atoms with Gasteiger partial charge in [0.2, 0.25) is 11.8 Å². The molecule has 38 heavy (non-hydrogen) atoms. The minimum Gasteiger partial charge on any atom is -0.354 e. The highest BCUT2D eigenvalue weighted by Crippen LogP contribution is 2.26. The van der Waals surface area contributed by atoms with Crippen LogP contribution in [0.4, 0.5) is 10.1 Å². The summed E-state index contributed by atoms with van der Waals surface area (Å²) in [5.41, 5.74) is 0.796. The lowest BCUT2D eigenvalue weighted by molar-refractivity contribution is -0.139. The molecular weight excluding hydrogens is 529 g/mol. The highest BCUT2D eigenvalue weighted by molar-refractivity contribution is 7.92. The lowest BCUT2D eigenvalue weighted by Crippen LogP contribution is -2.51. The molecule has 1 N–H and O–H groups in total. The van der Waals surface area contributed by atoms with E-state index in [0.717, 1.165) is 17.1 Å². The molecule has 0 fully saturated rings. The number of unbranched alkanes of at least 4 members (excludes halogenated alkanes) is 1. The molecule has 0 aliphatic rings. The topological polar surface area (TPSA) is 86.8 Å². The van der Waals surface area contributed by atoms with E-state index in [4.69, 9.17) is 11.6 Å². The lowest BCUT2D eigenvalue weighted by Gasteiger charge is -2.32. The standard InChI is InChI=1S/C28H31ClFN3O4S/c1-3-4-17-31-28(35)21(2)32(19-22-13-15-24(30)16-14-22)27(34)20-33(25-10-8-9-23(29)18-25)38(36,37)26-11-6-5-7-12-26/h5-16,18,21H,3-4,17,19-20H2,1-2H3,(H,31,35)/t21-/m1/s1. The van der Waals surface area contributed by atoms with Crippen LogP contribution >= 0.6 is 11.6 Å². The molecule has 3 aromatic carbocycles. The van der Waals surface area contributed by atoms with Crippen molar-refractivity contribution in [2.45, 2.75) is 44.2 Å². The smallest absolute Gasteiger partial charge is 0.264 e. The third-order valence-electron chi connectivity index (χ3n) is 5.97. The van der Waals surface area contributed by atoms with E-state index in [1.165, 1.54) is 47.4 Å². The largest absolute Gasteiger partial charge is 0.354 e. The van der Waals surface area contributed by atoms with Gasteiger partial charge in [0.15, 0.2) is 0 Å². The molecule has 0 radical (unpaired) electrons. The molecule has 1 atom stereocenters. The van der Waals surface area contributed by atoms with E-state index in [-0.39, 0.29) is 23.0 Å². The van der Waals surface area contributed by atoms with Crippen LogP contribution < -0.4 is 9.62 Å². The Kier molecular flexibility index (Phi) is 10.3. The molecule has 0 unspecified atom stereocenters. The van der Waals surface area contributed by atoms with Gasteiger partial charge in [-0.3, -0.25) is 13.9 Å². The van der Waals surface area contributed by atoms with E-state index in [2.05, 4.69) is 5.32 Å². The number of rotatable bonds is 12. The van der Waals surface area contributed by atoms with Crippen LogP contribution in [0.1, 0.15) is 32.3 Å². The fraction of sp³-hybridized carbons (Fsp3) is 0.286. The molecular formula is C28H31ClFN3O4S. The van der Waals surface area contributed by atoms with E-state index in [1.807, 2.05) is 6.92 Å². The van der Waals surface area contributed by atoms with Gasteiger partial charge in [-0.1, -0.05) is 61.3 Å². The number of nitrogens with zero attached hydrogens (tertiary/aromatic N) is 2. The highest BCUT2D eigenvalue weighted by atomic mass is 35.5. The van der Waals surface area contributed by atoms with Crippen LogP contribution in [0.25, 0.3) is 0 Å². The summed E-state index contributed by atoms with van der Waals surface area (Å²) < 4.78 is 41.8. The number of carbonyl (C=O) groups is 2. The number of halogens is 2. The van der Waals surface area contributed by atoms with Crippen LogP contribution in [-0.2, 0) is 26.2 Å². The predicted molar refractivity (Wildman–Crippen MR) is 147 cm³/mol. The van der Waals surface area contributed by atoms with E-state index in [9.17, 15) is 22.4 Å². The summed E-state index contributed by atoms with van der Waals surface area (Å²) in [4.78, 5) is 28.0. The molecule has 202 valence electrons. The molecule has 0 saturated heterocycles. The maximum absolute atomic E-state index is 13.8. The van der Waals surface area contributed by atoms with E-state index >= 15 is 0 Å². The number of hydrogen-bond acceptors (Lipinski definition) is 4. The third-order valence-corrected chi connectivity index (χ3v) is 7.99. The second kappa shape index (κ2) is 13.4. The Morgan fingerprint density at radius 3 is 2.32 bits per heavy atom. The Hall–Kier alpha value is -3.43. The maximum atomic E-state index is 13.8. The zero-order chi connectivity index (χ0) is 27.7. The van der Waals surface area contributed by atoms with Crippen LogP contribution in [-0.4, -0.2) is 44.3 Å². The molecule has 0 saturated carbocycles. The van der Waals surface area contributed by atoms with Gasteiger partial charge < -0.3 is 10.2 Å². The van der Waals surface area contributed by atoms with Gasteiger partial charge in [0.1, 0.15) is 18.4 Å². The van der Waals surface area contributed by atoms with Crippen molar-refractivity contribution in [3.05, 3.63) is 95.3 Å².